The number of ether oxygens (including phenoxy) is 1. The fraction of sp³-hybridized carbons (Fsp3) is 0.267. The molecule has 0 aromatic heterocycles. The van der Waals surface area contributed by atoms with Gasteiger partial charge in [-0.25, -0.2) is 4.79 Å². The molecule has 3 amide bonds. The van der Waals surface area contributed by atoms with Crippen LogP contribution in [0.25, 0.3) is 0 Å². The van der Waals surface area contributed by atoms with Crippen LogP contribution in [-0.4, -0.2) is 53.6 Å². The third-order valence-electron chi connectivity index (χ3n) is 8.31. The van der Waals surface area contributed by atoms with Crippen molar-refractivity contribution in [2.24, 2.45) is 0 Å². The van der Waals surface area contributed by atoms with Crippen LogP contribution >= 0.6 is 0 Å². The highest BCUT2D eigenvalue weighted by molar-refractivity contribution is 6.20. The van der Waals surface area contributed by atoms with Crippen LogP contribution in [0.5, 0.6) is 0 Å². The summed E-state index contributed by atoms with van der Waals surface area (Å²) in [4.78, 5) is 59.6. The zero-order chi connectivity index (χ0) is 27.6. The molecule has 1 N–H and O–H groups in total. The number of hydrogen-bond acceptors (Lipinski definition) is 6. The van der Waals surface area contributed by atoms with Crippen molar-refractivity contribution in [1.82, 2.24) is 4.90 Å². The summed E-state index contributed by atoms with van der Waals surface area (Å²) in [6.07, 6.45) is -0.252. The van der Waals surface area contributed by atoms with Gasteiger partial charge in [0.15, 0.2) is 5.54 Å². The van der Waals surface area contributed by atoms with Gasteiger partial charge in [0.25, 0.3) is 5.91 Å². The Hall–Kier alpha value is -4.50. The lowest BCUT2D eigenvalue weighted by Crippen LogP contribution is -2.64. The molecule has 198 valence electrons. The topological polar surface area (TPSA) is 107 Å². The fourth-order valence-corrected chi connectivity index (χ4v) is 6.81. The van der Waals surface area contributed by atoms with Gasteiger partial charge >= 0.3 is 5.97 Å². The van der Waals surface area contributed by atoms with Gasteiger partial charge in [-0.2, -0.15) is 0 Å². The average molecular weight is 526 g/mol. The summed E-state index contributed by atoms with van der Waals surface area (Å²) in [6.45, 7) is 1.67. The number of esters is 1. The van der Waals surface area contributed by atoms with Crippen molar-refractivity contribution in [1.29, 1.82) is 0 Å². The number of nitrogens with zero attached hydrogens (tertiary/aromatic N) is 3. The second-order valence-electron chi connectivity index (χ2n) is 10.1. The number of carbonyl (C=O) groups excluding carboxylic acids is 4. The lowest BCUT2D eigenvalue weighted by Gasteiger charge is -2.42. The quantitative estimate of drug-likeness (QED) is 0.405. The molecule has 0 aliphatic carbocycles. The van der Waals surface area contributed by atoms with Crippen molar-refractivity contribution in [2.75, 3.05) is 23.5 Å². The van der Waals surface area contributed by atoms with E-state index in [0.29, 0.717) is 28.9 Å². The number of fused-ring (bicyclic) bond motifs is 5. The summed E-state index contributed by atoms with van der Waals surface area (Å²) in [6, 6.07) is 23.2. The SMILES string of the molecule is CCOC(=O)[C@]1(O)C[C@@]2(C(=O)N(C)c3ccccc32)[C@@]2(C(=O)N(Cc3ccccc3)c3ccccc32)N1C=O. The number of hydrogen-bond donors (Lipinski definition) is 1. The van der Waals surface area contributed by atoms with Gasteiger partial charge in [-0.15, -0.1) is 0 Å². The summed E-state index contributed by atoms with van der Waals surface area (Å²) in [5.41, 5.74) is -3.78. The van der Waals surface area contributed by atoms with E-state index in [9.17, 15) is 24.3 Å². The summed E-state index contributed by atoms with van der Waals surface area (Å²) in [5.74, 6) is -2.18. The highest BCUT2D eigenvalue weighted by Crippen LogP contribution is 2.67. The highest BCUT2D eigenvalue weighted by atomic mass is 16.6. The van der Waals surface area contributed by atoms with Gasteiger partial charge in [0.2, 0.25) is 18.0 Å². The van der Waals surface area contributed by atoms with Crippen molar-refractivity contribution < 1.29 is 29.0 Å². The molecular formula is C30H27N3O6. The first-order valence-electron chi connectivity index (χ1n) is 12.8. The molecule has 3 aliphatic heterocycles. The Morgan fingerprint density at radius 2 is 1.54 bits per heavy atom. The average Bonchev–Trinajstić information content (AvgIpc) is 3.44. The van der Waals surface area contributed by atoms with Gasteiger partial charge in [-0.1, -0.05) is 66.7 Å². The third kappa shape index (κ3) is 2.88. The number of carbonyl (C=O) groups is 4. The molecule has 2 spiro atoms. The van der Waals surface area contributed by atoms with Crippen LogP contribution in [0.3, 0.4) is 0 Å². The molecule has 3 heterocycles. The van der Waals surface area contributed by atoms with E-state index >= 15 is 0 Å². The van der Waals surface area contributed by atoms with Crippen LogP contribution in [0.4, 0.5) is 11.4 Å². The second kappa shape index (κ2) is 8.51. The Bertz CT molecular complexity index is 1530. The first kappa shape index (κ1) is 24.8. The van der Waals surface area contributed by atoms with E-state index in [4.69, 9.17) is 4.74 Å². The summed E-state index contributed by atoms with van der Waals surface area (Å²) >= 11 is 0. The summed E-state index contributed by atoms with van der Waals surface area (Å²) < 4.78 is 5.22. The van der Waals surface area contributed by atoms with E-state index in [1.807, 2.05) is 30.3 Å². The Kier molecular flexibility index (Phi) is 5.41. The summed E-state index contributed by atoms with van der Waals surface area (Å²) in [7, 11) is 1.59. The number of rotatable bonds is 5. The van der Waals surface area contributed by atoms with Gasteiger partial charge in [0, 0.05) is 24.7 Å². The van der Waals surface area contributed by atoms with Crippen LogP contribution in [0, 0.1) is 0 Å². The largest absolute Gasteiger partial charge is 0.462 e. The fourth-order valence-electron chi connectivity index (χ4n) is 6.81. The third-order valence-corrected chi connectivity index (χ3v) is 8.31. The molecule has 3 aromatic rings. The molecule has 0 saturated carbocycles. The van der Waals surface area contributed by atoms with E-state index in [-0.39, 0.29) is 13.2 Å². The number of para-hydroxylation sites is 2. The Balaban J connectivity index is 1.70. The van der Waals surface area contributed by atoms with Crippen LogP contribution < -0.4 is 9.80 Å². The summed E-state index contributed by atoms with van der Waals surface area (Å²) in [5, 5.41) is 12.0. The minimum absolute atomic E-state index is 0.0665. The second-order valence-corrected chi connectivity index (χ2v) is 10.1. The van der Waals surface area contributed by atoms with E-state index in [1.165, 1.54) is 9.80 Å². The smallest absolute Gasteiger partial charge is 0.359 e. The van der Waals surface area contributed by atoms with Crippen LogP contribution in [0.2, 0.25) is 0 Å². The number of aliphatic hydroxyl groups is 1. The first-order valence-corrected chi connectivity index (χ1v) is 12.8. The lowest BCUT2D eigenvalue weighted by molar-refractivity contribution is -0.191. The number of benzene rings is 3. The molecule has 9 heteroatoms. The molecule has 9 nitrogen and oxygen atoms in total. The molecule has 1 saturated heterocycles. The highest BCUT2D eigenvalue weighted by Gasteiger charge is 2.82. The molecule has 3 atom stereocenters. The number of anilines is 2. The van der Waals surface area contributed by atoms with Crippen LogP contribution in [0.15, 0.2) is 78.9 Å². The zero-order valence-electron chi connectivity index (χ0n) is 21.5. The van der Waals surface area contributed by atoms with Crippen molar-refractivity contribution in [3.8, 4) is 0 Å². The molecule has 0 bridgehead atoms. The lowest BCUT2D eigenvalue weighted by atomic mass is 9.63. The zero-order valence-corrected chi connectivity index (χ0v) is 21.5. The van der Waals surface area contributed by atoms with Crippen molar-refractivity contribution in [3.05, 3.63) is 95.6 Å². The molecule has 0 radical (unpaired) electrons. The molecule has 39 heavy (non-hydrogen) atoms. The van der Waals surface area contributed by atoms with Crippen LogP contribution in [0.1, 0.15) is 30.0 Å². The number of amides is 3. The van der Waals surface area contributed by atoms with Crippen molar-refractivity contribution in [2.45, 2.75) is 36.6 Å². The van der Waals surface area contributed by atoms with Crippen LogP contribution in [-0.2, 0) is 41.4 Å². The minimum atomic E-state index is -2.59. The predicted molar refractivity (Wildman–Crippen MR) is 141 cm³/mol. The van der Waals surface area contributed by atoms with Gasteiger partial charge in [-0.05, 0) is 30.2 Å². The van der Waals surface area contributed by atoms with Gasteiger partial charge in [-0.3, -0.25) is 19.3 Å². The van der Waals surface area contributed by atoms with Gasteiger partial charge in [0.05, 0.1) is 18.8 Å². The predicted octanol–water partition coefficient (Wildman–Crippen LogP) is 2.46. The van der Waals surface area contributed by atoms with Gasteiger partial charge in [0.1, 0.15) is 5.41 Å². The number of likely N-dealkylation sites (N-methyl/N-ethyl adjacent to an activating group) is 1. The molecule has 1 fully saturated rings. The van der Waals surface area contributed by atoms with E-state index < -0.39 is 40.9 Å². The molecule has 3 aromatic carbocycles. The van der Waals surface area contributed by atoms with Gasteiger partial charge < -0.3 is 19.6 Å². The Labute approximate surface area is 225 Å². The normalized spacial score (nSPS) is 26.9. The van der Waals surface area contributed by atoms with E-state index in [2.05, 4.69) is 0 Å². The number of likely N-dealkylation sites (tertiary alicyclic amines) is 1. The Morgan fingerprint density at radius 1 is 0.923 bits per heavy atom. The van der Waals surface area contributed by atoms with Crippen molar-refractivity contribution >= 4 is 35.6 Å². The monoisotopic (exact) mass is 525 g/mol. The first-order chi connectivity index (χ1) is 18.8. The molecule has 6 rings (SSSR count). The maximum atomic E-state index is 14.9. The molecule has 0 unspecified atom stereocenters. The molecule has 3 aliphatic rings. The van der Waals surface area contributed by atoms with Crippen molar-refractivity contribution in [3.63, 3.8) is 0 Å². The van der Waals surface area contributed by atoms with E-state index in [1.54, 1.807) is 62.5 Å². The molecular weight excluding hydrogens is 498 g/mol. The Morgan fingerprint density at radius 3 is 2.21 bits per heavy atom. The standard InChI is InChI=1S/C30H27N3O6/c1-3-39-27(37)29(38)18-28(21-13-7-9-15-23(21)31(2)25(28)35)30(33(29)19-34)22-14-8-10-16-24(22)32(26(30)36)17-20-11-5-4-6-12-20/h4-16,19,38H,3,17-18H2,1-2H3/t28-,29-,30-/m1/s1. The maximum absolute atomic E-state index is 14.9. The minimum Gasteiger partial charge on any atom is -0.462 e. The van der Waals surface area contributed by atoms with E-state index in [0.717, 1.165) is 10.5 Å². The maximum Gasteiger partial charge on any atom is 0.359 e.